The summed E-state index contributed by atoms with van der Waals surface area (Å²) in [5.74, 6) is 1.75. The zero-order chi connectivity index (χ0) is 23.4. The van der Waals surface area contributed by atoms with Gasteiger partial charge in [-0.2, -0.15) is 5.10 Å². The molecule has 0 bridgehead atoms. The van der Waals surface area contributed by atoms with Crippen LogP contribution in [-0.2, 0) is 17.9 Å². The average Bonchev–Trinajstić information content (AvgIpc) is 3.16. The van der Waals surface area contributed by atoms with Crippen molar-refractivity contribution in [2.24, 2.45) is 0 Å². The number of hydrogen-bond acceptors (Lipinski definition) is 5. The first-order chi connectivity index (χ1) is 15.9. The van der Waals surface area contributed by atoms with E-state index in [1.165, 1.54) is 0 Å². The molecule has 1 amide bonds. The van der Waals surface area contributed by atoms with Gasteiger partial charge in [0.25, 0.3) is 0 Å². The Morgan fingerprint density at radius 2 is 1.91 bits per heavy atom. The summed E-state index contributed by atoms with van der Waals surface area (Å²) in [5, 5.41) is 9.99. The number of aryl methyl sites for hydroxylation is 3. The van der Waals surface area contributed by atoms with Gasteiger partial charge < -0.3 is 10.1 Å². The lowest BCUT2D eigenvalue weighted by Gasteiger charge is -2.10. The van der Waals surface area contributed by atoms with Gasteiger partial charge in [-0.05, 0) is 61.8 Å². The van der Waals surface area contributed by atoms with Crippen molar-refractivity contribution in [2.75, 3.05) is 0 Å². The Balaban J connectivity index is 1.37. The van der Waals surface area contributed by atoms with Crippen molar-refractivity contribution < 1.29 is 9.53 Å². The molecule has 0 atom stereocenters. The molecule has 0 saturated carbocycles. The van der Waals surface area contributed by atoms with Gasteiger partial charge in [-0.15, -0.1) is 0 Å². The van der Waals surface area contributed by atoms with Crippen molar-refractivity contribution in [3.8, 4) is 23.0 Å². The van der Waals surface area contributed by atoms with Crippen molar-refractivity contribution in [3.05, 3.63) is 87.8 Å². The van der Waals surface area contributed by atoms with Crippen LogP contribution in [-0.4, -0.2) is 25.7 Å². The van der Waals surface area contributed by atoms with Gasteiger partial charge in [-0.3, -0.25) is 14.5 Å². The molecule has 0 radical (unpaired) electrons. The van der Waals surface area contributed by atoms with Crippen LogP contribution >= 0.6 is 12.2 Å². The summed E-state index contributed by atoms with van der Waals surface area (Å²) in [6, 6.07) is 17.6. The molecule has 168 valence electrons. The van der Waals surface area contributed by atoms with Crippen LogP contribution in [0, 0.1) is 25.5 Å². The SMILES string of the molecule is Cc1cccc(-c2n[nH]c(=S)n2CC(=O)NCc2ccc(Oc3cc(C)ccc3C)nc2)c1. The van der Waals surface area contributed by atoms with Gasteiger partial charge in [-0.25, -0.2) is 4.98 Å². The van der Waals surface area contributed by atoms with Crippen molar-refractivity contribution in [1.82, 2.24) is 25.1 Å². The number of aromatic nitrogens is 4. The van der Waals surface area contributed by atoms with Gasteiger partial charge in [0.1, 0.15) is 12.3 Å². The average molecular weight is 460 g/mol. The third-order valence-electron chi connectivity index (χ3n) is 5.18. The second kappa shape index (κ2) is 9.79. The van der Waals surface area contributed by atoms with Gasteiger partial charge in [-0.1, -0.05) is 42.0 Å². The Morgan fingerprint density at radius 1 is 1.09 bits per heavy atom. The summed E-state index contributed by atoms with van der Waals surface area (Å²) in [5.41, 5.74) is 5.04. The van der Waals surface area contributed by atoms with Crippen LogP contribution in [0.4, 0.5) is 0 Å². The molecule has 0 aliphatic heterocycles. The minimum absolute atomic E-state index is 0.0693. The highest BCUT2D eigenvalue weighted by molar-refractivity contribution is 7.71. The van der Waals surface area contributed by atoms with Crippen LogP contribution < -0.4 is 10.1 Å². The highest BCUT2D eigenvalue weighted by Gasteiger charge is 2.13. The van der Waals surface area contributed by atoms with Crippen LogP contribution in [0.15, 0.2) is 60.8 Å². The van der Waals surface area contributed by atoms with E-state index in [4.69, 9.17) is 17.0 Å². The molecule has 0 aliphatic carbocycles. The Bertz CT molecular complexity index is 1340. The number of H-pyrrole nitrogens is 1. The quantitative estimate of drug-likeness (QED) is 0.378. The molecule has 2 aromatic heterocycles. The molecule has 2 heterocycles. The zero-order valence-electron chi connectivity index (χ0n) is 18.8. The number of hydrogen-bond donors (Lipinski definition) is 2. The summed E-state index contributed by atoms with van der Waals surface area (Å²) in [7, 11) is 0. The van der Waals surface area contributed by atoms with Gasteiger partial charge in [0, 0.05) is 24.4 Å². The minimum Gasteiger partial charge on any atom is -0.439 e. The van der Waals surface area contributed by atoms with E-state index in [9.17, 15) is 4.79 Å². The highest BCUT2D eigenvalue weighted by atomic mass is 32.1. The fourth-order valence-corrected chi connectivity index (χ4v) is 3.57. The van der Waals surface area contributed by atoms with Crippen molar-refractivity contribution in [3.63, 3.8) is 0 Å². The second-order valence-corrected chi connectivity index (χ2v) is 8.35. The first kappa shape index (κ1) is 22.4. The normalized spacial score (nSPS) is 10.8. The lowest BCUT2D eigenvalue weighted by molar-refractivity contribution is -0.121. The van der Waals surface area contributed by atoms with E-state index in [1.807, 2.05) is 69.3 Å². The lowest BCUT2D eigenvalue weighted by atomic mass is 10.1. The Labute approximate surface area is 197 Å². The number of nitrogens with zero attached hydrogens (tertiary/aromatic N) is 3. The van der Waals surface area contributed by atoms with Crippen LogP contribution in [0.5, 0.6) is 11.6 Å². The maximum absolute atomic E-state index is 12.6. The molecule has 0 saturated heterocycles. The number of carbonyl (C=O) groups is 1. The lowest BCUT2D eigenvalue weighted by Crippen LogP contribution is -2.27. The first-order valence-corrected chi connectivity index (χ1v) is 11.0. The molecule has 33 heavy (non-hydrogen) atoms. The predicted octanol–water partition coefficient (Wildman–Crippen LogP) is 5.04. The molecule has 0 spiro atoms. The number of ether oxygens (including phenoxy) is 1. The van der Waals surface area contributed by atoms with Crippen LogP contribution in [0.3, 0.4) is 0 Å². The summed E-state index contributed by atoms with van der Waals surface area (Å²) in [6.45, 7) is 6.44. The Hall–Kier alpha value is -3.78. The summed E-state index contributed by atoms with van der Waals surface area (Å²) in [4.78, 5) is 17.0. The van der Waals surface area contributed by atoms with Gasteiger partial charge in [0.05, 0.1) is 0 Å². The van der Waals surface area contributed by atoms with Crippen LogP contribution in [0.1, 0.15) is 22.3 Å². The fraction of sp³-hybridized carbons (Fsp3) is 0.200. The van der Waals surface area contributed by atoms with Gasteiger partial charge in [0.2, 0.25) is 11.8 Å². The molecule has 0 unspecified atom stereocenters. The van der Waals surface area contributed by atoms with E-state index in [-0.39, 0.29) is 12.5 Å². The first-order valence-electron chi connectivity index (χ1n) is 10.6. The maximum atomic E-state index is 12.6. The maximum Gasteiger partial charge on any atom is 0.240 e. The minimum atomic E-state index is -0.169. The highest BCUT2D eigenvalue weighted by Crippen LogP contribution is 2.24. The molecule has 4 rings (SSSR count). The van der Waals surface area contributed by atoms with E-state index in [0.29, 0.717) is 23.0 Å². The molecule has 0 fully saturated rings. The Kier molecular flexibility index (Phi) is 6.65. The number of aromatic amines is 1. The predicted molar refractivity (Wildman–Crippen MR) is 130 cm³/mol. The molecule has 2 N–H and O–H groups in total. The Morgan fingerprint density at radius 3 is 2.67 bits per heavy atom. The standard InChI is InChI=1S/C25H25N5O2S/c1-16-5-4-6-20(11-16)24-28-29-25(33)30(24)15-22(31)26-13-19-9-10-23(27-14-19)32-21-12-17(2)7-8-18(21)3/h4-12,14H,13,15H2,1-3H3,(H,26,31)(H,29,33). The topological polar surface area (TPSA) is 84.8 Å². The number of carbonyl (C=O) groups excluding carboxylic acids is 1. The summed E-state index contributed by atoms with van der Waals surface area (Å²) in [6.07, 6.45) is 1.70. The number of benzene rings is 2. The molecule has 0 aliphatic rings. The van der Waals surface area contributed by atoms with Gasteiger partial charge in [0.15, 0.2) is 10.6 Å². The van der Waals surface area contributed by atoms with Crippen molar-refractivity contribution >= 4 is 18.1 Å². The van der Waals surface area contributed by atoms with E-state index in [2.05, 4.69) is 20.5 Å². The van der Waals surface area contributed by atoms with E-state index < -0.39 is 0 Å². The molecule has 2 aromatic carbocycles. The largest absolute Gasteiger partial charge is 0.439 e. The monoisotopic (exact) mass is 459 g/mol. The fourth-order valence-electron chi connectivity index (χ4n) is 3.37. The van der Waals surface area contributed by atoms with E-state index in [0.717, 1.165) is 33.6 Å². The number of rotatable bonds is 7. The van der Waals surface area contributed by atoms with Crippen molar-refractivity contribution in [2.45, 2.75) is 33.9 Å². The molecular weight excluding hydrogens is 434 g/mol. The van der Waals surface area contributed by atoms with E-state index in [1.54, 1.807) is 16.8 Å². The van der Waals surface area contributed by atoms with Crippen molar-refractivity contribution in [1.29, 1.82) is 0 Å². The number of amides is 1. The summed E-state index contributed by atoms with van der Waals surface area (Å²) >= 11 is 5.33. The number of nitrogens with one attached hydrogen (secondary N) is 2. The third kappa shape index (κ3) is 5.53. The van der Waals surface area contributed by atoms with Crippen LogP contribution in [0.25, 0.3) is 11.4 Å². The zero-order valence-corrected chi connectivity index (χ0v) is 19.6. The van der Waals surface area contributed by atoms with E-state index >= 15 is 0 Å². The van der Waals surface area contributed by atoms with Crippen LogP contribution in [0.2, 0.25) is 0 Å². The molecule has 4 aromatic rings. The molecule has 7 nitrogen and oxygen atoms in total. The molecular formula is C25H25N5O2S. The third-order valence-corrected chi connectivity index (χ3v) is 5.49. The molecule has 8 heteroatoms. The smallest absolute Gasteiger partial charge is 0.240 e. The number of pyridine rings is 1. The summed E-state index contributed by atoms with van der Waals surface area (Å²) < 4.78 is 7.99. The van der Waals surface area contributed by atoms with Gasteiger partial charge >= 0.3 is 0 Å². The second-order valence-electron chi connectivity index (χ2n) is 7.96.